The lowest BCUT2D eigenvalue weighted by atomic mass is 9.87. The van der Waals surface area contributed by atoms with Crippen molar-refractivity contribution in [3.63, 3.8) is 0 Å². The monoisotopic (exact) mass is 408 g/mol. The molecule has 6 nitrogen and oxygen atoms in total. The predicted octanol–water partition coefficient (Wildman–Crippen LogP) is 2.10. The van der Waals surface area contributed by atoms with Crippen LogP contribution in [0.15, 0.2) is 16.8 Å². The molecule has 1 aromatic rings. The highest BCUT2D eigenvalue weighted by Gasteiger charge is 2.41. The molecule has 1 N–H and O–H groups in total. The molecule has 152 valence electrons. The fourth-order valence-electron chi connectivity index (χ4n) is 3.29. The first-order chi connectivity index (χ1) is 12.6. The third-order valence-corrected chi connectivity index (χ3v) is 5.33. The van der Waals surface area contributed by atoms with Gasteiger partial charge < -0.3 is 19.6 Å². The van der Waals surface area contributed by atoms with Crippen molar-refractivity contribution in [2.24, 2.45) is 5.41 Å². The van der Waals surface area contributed by atoms with Gasteiger partial charge in [0.15, 0.2) is 0 Å². The van der Waals surface area contributed by atoms with Crippen molar-refractivity contribution in [1.29, 1.82) is 0 Å². The lowest BCUT2D eigenvalue weighted by Gasteiger charge is -2.31. The van der Waals surface area contributed by atoms with Gasteiger partial charge in [-0.2, -0.15) is 24.5 Å². The second-order valence-electron chi connectivity index (χ2n) is 6.97. The van der Waals surface area contributed by atoms with Gasteiger partial charge in [0.2, 0.25) is 5.91 Å². The van der Waals surface area contributed by atoms with E-state index in [0.29, 0.717) is 13.0 Å². The minimum absolute atomic E-state index is 0.148. The highest BCUT2D eigenvalue weighted by molar-refractivity contribution is 7.08. The zero-order chi connectivity index (χ0) is 20.1. The number of amides is 1. The van der Waals surface area contributed by atoms with Crippen LogP contribution in [0, 0.1) is 5.41 Å². The summed E-state index contributed by atoms with van der Waals surface area (Å²) in [7, 11) is 2.15. The van der Waals surface area contributed by atoms with E-state index < -0.39 is 12.1 Å². The Bertz CT molecular complexity index is 639. The predicted molar refractivity (Wildman–Crippen MR) is 93.7 cm³/mol. The second kappa shape index (κ2) is 9.03. The highest BCUT2D eigenvalue weighted by Crippen LogP contribution is 2.32. The van der Waals surface area contributed by atoms with Crippen molar-refractivity contribution in [3.05, 3.63) is 22.4 Å². The zero-order valence-corrected chi connectivity index (χ0v) is 15.8. The third kappa shape index (κ3) is 6.47. The molecule has 2 saturated heterocycles. The number of carboxylic acids is 1. The number of carbonyl (C=O) groups excluding carboxylic acids is 1. The van der Waals surface area contributed by atoms with Crippen LogP contribution in [0.25, 0.3) is 0 Å². The summed E-state index contributed by atoms with van der Waals surface area (Å²) in [6, 6.07) is 2.04. The standard InChI is InChI=1S/C15H22N2O2S.C2HF3O2/c1-16-4-3-15(10-16)11-17(5-6-19-12-15)14(18)8-13-2-7-20-9-13;3-2(4,5)1(6)7/h2,7,9H,3-6,8,10-12H2,1H3;(H,6,7). The number of ether oxygens (including phenoxy) is 1. The van der Waals surface area contributed by atoms with Crippen molar-refractivity contribution in [1.82, 2.24) is 9.80 Å². The molecule has 1 unspecified atom stereocenters. The van der Waals surface area contributed by atoms with E-state index in [1.54, 1.807) is 11.3 Å². The van der Waals surface area contributed by atoms with Crippen LogP contribution in [0.5, 0.6) is 0 Å². The number of halogens is 3. The Balaban J connectivity index is 0.000000321. The molecule has 0 bridgehead atoms. The average molecular weight is 408 g/mol. The number of aliphatic carboxylic acids is 1. The largest absolute Gasteiger partial charge is 0.490 e. The molecule has 2 fully saturated rings. The van der Waals surface area contributed by atoms with E-state index in [0.717, 1.165) is 44.8 Å². The summed E-state index contributed by atoms with van der Waals surface area (Å²) in [5.74, 6) is -2.52. The zero-order valence-electron chi connectivity index (χ0n) is 15.0. The summed E-state index contributed by atoms with van der Waals surface area (Å²) >= 11 is 1.65. The van der Waals surface area contributed by atoms with E-state index in [4.69, 9.17) is 14.6 Å². The van der Waals surface area contributed by atoms with E-state index in [2.05, 4.69) is 17.3 Å². The van der Waals surface area contributed by atoms with E-state index in [1.807, 2.05) is 16.3 Å². The number of rotatable bonds is 2. The van der Waals surface area contributed by atoms with Crippen molar-refractivity contribution in [3.8, 4) is 0 Å². The van der Waals surface area contributed by atoms with Gasteiger partial charge in [-0.1, -0.05) is 0 Å². The summed E-state index contributed by atoms with van der Waals surface area (Å²) in [4.78, 5) is 25.8. The maximum atomic E-state index is 12.5. The Morgan fingerprint density at radius 2 is 2.04 bits per heavy atom. The summed E-state index contributed by atoms with van der Waals surface area (Å²) in [5.41, 5.74) is 1.28. The molecular formula is C17H23F3N2O4S. The van der Waals surface area contributed by atoms with Crippen molar-refractivity contribution in [2.45, 2.75) is 19.0 Å². The molecular weight excluding hydrogens is 385 g/mol. The maximum absolute atomic E-state index is 12.5. The van der Waals surface area contributed by atoms with Crippen molar-refractivity contribution >= 4 is 23.2 Å². The molecule has 1 spiro atoms. The third-order valence-electron chi connectivity index (χ3n) is 4.60. The molecule has 2 aliphatic heterocycles. The number of carboxylic acid groups (broad SMARTS) is 1. The van der Waals surface area contributed by atoms with Crippen LogP contribution in [0.4, 0.5) is 13.2 Å². The normalized spacial score (nSPS) is 23.6. The Morgan fingerprint density at radius 1 is 1.33 bits per heavy atom. The van der Waals surface area contributed by atoms with Crippen LogP contribution >= 0.6 is 11.3 Å². The van der Waals surface area contributed by atoms with E-state index in [9.17, 15) is 18.0 Å². The highest BCUT2D eigenvalue weighted by atomic mass is 32.1. The summed E-state index contributed by atoms with van der Waals surface area (Å²) in [6.45, 7) is 5.18. The van der Waals surface area contributed by atoms with Crippen LogP contribution < -0.4 is 0 Å². The molecule has 1 atom stereocenters. The number of hydrogen-bond acceptors (Lipinski definition) is 5. The fraction of sp³-hybridized carbons (Fsp3) is 0.647. The quantitative estimate of drug-likeness (QED) is 0.812. The first-order valence-corrected chi connectivity index (χ1v) is 9.41. The Morgan fingerprint density at radius 3 is 2.56 bits per heavy atom. The first-order valence-electron chi connectivity index (χ1n) is 8.47. The van der Waals surface area contributed by atoms with Crippen LogP contribution in [0.2, 0.25) is 0 Å². The van der Waals surface area contributed by atoms with Crippen LogP contribution in [-0.2, 0) is 20.7 Å². The molecule has 0 radical (unpaired) electrons. The number of hydrogen-bond donors (Lipinski definition) is 1. The number of thiophene rings is 1. The molecule has 1 aromatic heterocycles. The Kier molecular flexibility index (Phi) is 7.24. The van der Waals surface area contributed by atoms with Crippen LogP contribution in [0.3, 0.4) is 0 Å². The number of carbonyl (C=O) groups is 2. The molecule has 0 aliphatic carbocycles. The Hall–Kier alpha value is -1.65. The second-order valence-corrected chi connectivity index (χ2v) is 7.75. The first kappa shape index (κ1) is 21.6. The van der Waals surface area contributed by atoms with Gasteiger partial charge in [0.05, 0.1) is 19.6 Å². The van der Waals surface area contributed by atoms with Gasteiger partial charge in [-0.05, 0) is 42.4 Å². The van der Waals surface area contributed by atoms with E-state index >= 15 is 0 Å². The Labute approximate surface area is 159 Å². The molecule has 2 aliphatic rings. The molecule has 0 aromatic carbocycles. The van der Waals surface area contributed by atoms with E-state index in [-0.39, 0.29) is 11.3 Å². The minimum atomic E-state index is -5.08. The number of likely N-dealkylation sites (tertiary alicyclic amines) is 1. The van der Waals surface area contributed by atoms with Gasteiger partial charge in [-0.3, -0.25) is 4.79 Å². The smallest absolute Gasteiger partial charge is 0.475 e. The average Bonchev–Trinajstić information content (AvgIpc) is 3.14. The topological polar surface area (TPSA) is 70.1 Å². The van der Waals surface area contributed by atoms with Crippen molar-refractivity contribution in [2.75, 3.05) is 46.4 Å². The lowest BCUT2D eigenvalue weighted by Crippen LogP contribution is -2.43. The van der Waals surface area contributed by atoms with Gasteiger partial charge in [-0.15, -0.1) is 0 Å². The maximum Gasteiger partial charge on any atom is 0.490 e. The summed E-state index contributed by atoms with van der Waals surface area (Å²) < 4.78 is 37.5. The molecule has 3 rings (SSSR count). The number of alkyl halides is 3. The molecule has 0 saturated carbocycles. The van der Waals surface area contributed by atoms with Crippen LogP contribution in [-0.4, -0.2) is 79.4 Å². The minimum Gasteiger partial charge on any atom is -0.475 e. The van der Waals surface area contributed by atoms with Gasteiger partial charge in [-0.25, -0.2) is 4.79 Å². The lowest BCUT2D eigenvalue weighted by molar-refractivity contribution is -0.192. The molecule has 10 heteroatoms. The number of nitrogens with zero attached hydrogens (tertiary/aromatic N) is 2. The van der Waals surface area contributed by atoms with Crippen LogP contribution in [0.1, 0.15) is 12.0 Å². The van der Waals surface area contributed by atoms with Gasteiger partial charge >= 0.3 is 12.1 Å². The molecule has 1 amide bonds. The van der Waals surface area contributed by atoms with Gasteiger partial charge in [0.1, 0.15) is 0 Å². The fourth-order valence-corrected chi connectivity index (χ4v) is 3.96. The molecule has 3 heterocycles. The van der Waals surface area contributed by atoms with Gasteiger partial charge in [0.25, 0.3) is 0 Å². The van der Waals surface area contributed by atoms with E-state index in [1.165, 1.54) is 0 Å². The molecule has 27 heavy (non-hydrogen) atoms. The summed E-state index contributed by atoms with van der Waals surface area (Å²) in [6.07, 6.45) is -3.43. The van der Waals surface area contributed by atoms with Gasteiger partial charge in [0, 0.05) is 25.0 Å². The van der Waals surface area contributed by atoms with Crippen molar-refractivity contribution < 1.29 is 32.6 Å². The summed E-state index contributed by atoms with van der Waals surface area (Å²) in [5, 5.41) is 11.2. The SMILES string of the molecule is CN1CCC2(COCCN(C(=O)Cc3ccsc3)C2)C1.O=C(O)C(F)(F)F.